The smallest absolute Gasteiger partial charge is 0.172 e. The topological polar surface area (TPSA) is 71.1 Å². The summed E-state index contributed by atoms with van der Waals surface area (Å²) >= 11 is 0. The third kappa shape index (κ3) is 2.26. The van der Waals surface area contributed by atoms with Crippen molar-refractivity contribution in [2.24, 2.45) is 10.9 Å². The van der Waals surface area contributed by atoms with Crippen molar-refractivity contribution in [3.8, 4) is 0 Å². The molecule has 0 aliphatic carbocycles. The molecule has 1 aromatic rings. The van der Waals surface area contributed by atoms with E-state index in [2.05, 4.69) is 10.1 Å². The number of nitrogens with two attached hydrogens (primary N) is 1. The lowest BCUT2D eigenvalue weighted by Crippen LogP contribution is -2.26. The number of nitrogens with zero attached hydrogens (tertiary/aromatic N) is 2. The van der Waals surface area contributed by atoms with Crippen LogP contribution >= 0.6 is 0 Å². The fraction of sp³-hybridized carbons (Fsp3) is 0.462. The van der Waals surface area contributed by atoms with Crippen LogP contribution in [0.4, 0.5) is 5.69 Å². The van der Waals surface area contributed by atoms with Gasteiger partial charge in [-0.25, -0.2) is 0 Å². The van der Waals surface area contributed by atoms with E-state index in [1.54, 1.807) is 7.11 Å². The zero-order chi connectivity index (χ0) is 13.1. The van der Waals surface area contributed by atoms with Crippen LogP contribution in [-0.2, 0) is 4.74 Å². The van der Waals surface area contributed by atoms with Gasteiger partial charge < -0.3 is 20.6 Å². The highest BCUT2D eigenvalue weighted by Gasteiger charge is 2.25. The largest absolute Gasteiger partial charge is 0.409 e. The molecule has 0 saturated carbocycles. The molecule has 1 heterocycles. The van der Waals surface area contributed by atoms with Crippen molar-refractivity contribution in [1.29, 1.82) is 0 Å². The highest BCUT2D eigenvalue weighted by molar-refractivity contribution is 6.02. The molecular formula is C13H19N3O2. The maximum Gasteiger partial charge on any atom is 0.172 e. The zero-order valence-electron chi connectivity index (χ0n) is 10.8. The van der Waals surface area contributed by atoms with Gasteiger partial charge in [-0.3, -0.25) is 0 Å². The third-order valence-corrected chi connectivity index (χ3v) is 3.42. The monoisotopic (exact) mass is 249 g/mol. The first-order valence-corrected chi connectivity index (χ1v) is 6.02. The minimum absolute atomic E-state index is 0.148. The van der Waals surface area contributed by atoms with E-state index in [1.807, 2.05) is 25.1 Å². The molecule has 2 rings (SSSR count). The SMILES string of the molecule is COC1CCN(c2c(C)cccc2/C(N)=N/O)C1. The van der Waals surface area contributed by atoms with Crippen LogP contribution in [0.15, 0.2) is 23.4 Å². The fourth-order valence-electron chi connectivity index (χ4n) is 2.46. The van der Waals surface area contributed by atoms with Crippen LogP contribution in [0.1, 0.15) is 17.5 Å². The van der Waals surface area contributed by atoms with Gasteiger partial charge in [-0.15, -0.1) is 0 Å². The maximum atomic E-state index is 8.86. The van der Waals surface area contributed by atoms with E-state index in [0.29, 0.717) is 0 Å². The van der Waals surface area contributed by atoms with Gasteiger partial charge >= 0.3 is 0 Å². The van der Waals surface area contributed by atoms with Crippen molar-refractivity contribution in [3.63, 3.8) is 0 Å². The van der Waals surface area contributed by atoms with Gasteiger partial charge in [0.1, 0.15) is 0 Å². The third-order valence-electron chi connectivity index (χ3n) is 3.42. The van der Waals surface area contributed by atoms with E-state index in [0.717, 1.165) is 36.3 Å². The van der Waals surface area contributed by atoms with Crippen LogP contribution in [-0.4, -0.2) is 37.3 Å². The molecule has 1 atom stereocenters. The van der Waals surface area contributed by atoms with Gasteiger partial charge in [-0.05, 0) is 25.0 Å². The summed E-state index contributed by atoms with van der Waals surface area (Å²) in [6, 6.07) is 5.82. The Morgan fingerprint density at radius 3 is 2.94 bits per heavy atom. The summed E-state index contributed by atoms with van der Waals surface area (Å²) in [7, 11) is 1.73. The summed E-state index contributed by atoms with van der Waals surface area (Å²) in [6.07, 6.45) is 1.25. The maximum absolute atomic E-state index is 8.86. The molecule has 1 saturated heterocycles. The standard InChI is InChI=1S/C13H19N3O2/c1-9-4-3-5-11(13(14)15-17)12(9)16-7-6-10(8-16)18-2/h3-5,10,17H,6-8H2,1-2H3,(H2,14,15). The number of rotatable bonds is 3. The molecule has 1 unspecified atom stereocenters. The Morgan fingerprint density at radius 1 is 1.56 bits per heavy atom. The number of oxime groups is 1. The molecule has 98 valence electrons. The predicted octanol–water partition coefficient (Wildman–Crippen LogP) is 1.31. The average Bonchev–Trinajstić information content (AvgIpc) is 2.86. The highest BCUT2D eigenvalue weighted by atomic mass is 16.5. The minimum Gasteiger partial charge on any atom is -0.409 e. The van der Waals surface area contributed by atoms with Crippen LogP contribution < -0.4 is 10.6 Å². The zero-order valence-corrected chi connectivity index (χ0v) is 10.8. The molecule has 1 aromatic carbocycles. The van der Waals surface area contributed by atoms with Crippen LogP contribution in [0.5, 0.6) is 0 Å². The molecule has 3 N–H and O–H groups in total. The molecule has 0 aromatic heterocycles. The number of hydrogen-bond acceptors (Lipinski definition) is 4. The van der Waals surface area contributed by atoms with Crippen molar-refractivity contribution < 1.29 is 9.94 Å². The van der Waals surface area contributed by atoms with Crippen LogP contribution in [0.3, 0.4) is 0 Å². The fourth-order valence-corrected chi connectivity index (χ4v) is 2.46. The molecule has 18 heavy (non-hydrogen) atoms. The summed E-state index contributed by atoms with van der Waals surface area (Å²) in [5.74, 6) is 0.148. The normalized spacial score (nSPS) is 20.4. The number of methoxy groups -OCH3 is 1. The van der Waals surface area contributed by atoms with Gasteiger partial charge in [0.25, 0.3) is 0 Å². The first-order valence-electron chi connectivity index (χ1n) is 6.02. The second-order valence-electron chi connectivity index (χ2n) is 4.55. The van der Waals surface area contributed by atoms with Gasteiger partial charge in [-0.2, -0.15) is 0 Å². The van der Waals surface area contributed by atoms with Gasteiger partial charge in [0.15, 0.2) is 5.84 Å². The summed E-state index contributed by atoms with van der Waals surface area (Å²) in [5.41, 5.74) is 8.67. The molecule has 0 bridgehead atoms. The Morgan fingerprint density at radius 2 is 2.33 bits per heavy atom. The number of para-hydroxylation sites is 1. The van der Waals surface area contributed by atoms with E-state index in [4.69, 9.17) is 15.7 Å². The number of ether oxygens (including phenoxy) is 1. The minimum atomic E-state index is 0.148. The first-order chi connectivity index (χ1) is 8.67. The predicted molar refractivity (Wildman–Crippen MR) is 71.3 cm³/mol. The Hall–Kier alpha value is -1.75. The van der Waals surface area contributed by atoms with Crippen molar-refractivity contribution in [2.75, 3.05) is 25.1 Å². The second kappa shape index (κ2) is 5.27. The van der Waals surface area contributed by atoms with Gasteiger partial charge in [0.05, 0.1) is 11.8 Å². The summed E-state index contributed by atoms with van der Waals surface area (Å²) in [4.78, 5) is 2.23. The summed E-state index contributed by atoms with van der Waals surface area (Å²) in [5, 5.41) is 12.0. The molecule has 0 radical (unpaired) electrons. The van der Waals surface area contributed by atoms with Crippen molar-refractivity contribution in [1.82, 2.24) is 0 Å². The van der Waals surface area contributed by atoms with Gasteiger partial charge in [-0.1, -0.05) is 17.3 Å². The lowest BCUT2D eigenvalue weighted by atomic mass is 10.1. The van der Waals surface area contributed by atoms with Gasteiger partial charge in [0, 0.05) is 25.8 Å². The van der Waals surface area contributed by atoms with Crippen molar-refractivity contribution in [2.45, 2.75) is 19.4 Å². The molecular weight excluding hydrogens is 230 g/mol. The lowest BCUT2D eigenvalue weighted by molar-refractivity contribution is 0.121. The van der Waals surface area contributed by atoms with E-state index in [1.165, 1.54) is 0 Å². The number of aryl methyl sites for hydroxylation is 1. The van der Waals surface area contributed by atoms with Crippen molar-refractivity contribution >= 4 is 11.5 Å². The van der Waals surface area contributed by atoms with E-state index in [9.17, 15) is 0 Å². The lowest BCUT2D eigenvalue weighted by Gasteiger charge is -2.23. The van der Waals surface area contributed by atoms with Crippen molar-refractivity contribution in [3.05, 3.63) is 29.3 Å². The second-order valence-corrected chi connectivity index (χ2v) is 4.55. The number of hydrogen-bond donors (Lipinski definition) is 2. The van der Waals surface area contributed by atoms with Gasteiger partial charge in [0.2, 0.25) is 0 Å². The molecule has 5 heteroatoms. The van der Waals surface area contributed by atoms with Crippen LogP contribution in [0, 0.1) is 6.92 Å². The average molecular weight is 249 g/mol. The number of benzene rings is 1. The Balaban J connectivity index is 2.37. The molecule has 1 fully saturated rings. The van der Waals surface area contributed by atoms with E-state index in [-0.39, 0.29) is 11.9 Å². The van der Waals surface area contributed by atoms with Crippen LogP contribution in [0.2, 0.25) is 0 Å². The number of amidine groups is 1. The Labute approximate surface area is 107 Å². The van der Waals surface area contributed by atoms with Crippen LogP contribution in [0.25, 0.3) is 0 Å². The highest BCUT2D eigenvalue weighted by Crippen LogP contribution is 2.29. The van der Waals surface area contributed by atoms with E-state index >= 15 is 0 Å². The molecule has 1 aliphatic rings. The molecule has 0 amide bonds. The van der Waals surface area contributed by atoms with E-state index < -0.39 is 0 Å². The molecule has 0 spiro atoms. The Kier molecular flexibility index (Phi) is 3.72. The Bertz CT molecular complexity index is 460. The quantitative estimate of drug-likeness (QED) is 0.367. The summed E-state index contributed by atoms with van der Waals surface area (Å²) in [6.45, 7) is 3.80. The molecule has 1 aliphatic heterocycles. The number of anilines is 1. The first kappa shape index (κ1) is 12.7. The molecule has 5 nitrogen and oxygen atoms in total. The summed E-state index contributed by atoms with van der Waals surface area (Å²) < 4.78 is 5.38.